The van der Waals surface area contributed by atoms with Crippen LogP contribution in [0.1, 0.15) is 10.4 Å². The van der Waals surface area contributed by atoms with E-state index in [0.717, 1.165) is 5.39 Å². The molecule has 9 heteroatoms. The summed E-state index contributed by atoms with van der Waals surface area (Å²) < 4.78 is 21.8. The summed E-state index contributed by atoms with van der Waals surface area (Å²) in [6.45, 7) is -0.521. The number of methoxy groups -OCH3 is 2. The molecule has 4 aromatic carbocycles. The number of hydrogen-bond donors (Lipinski definition) is 1. The number of aromatic nitrogens is 1. The van der Waals surface area contributed by atoms with Gasteiger partial charge in [0.15, 0.2) is 12.2 Å². The van der Waals surface area contributed by atoms with Gasteiger partial charge in [-0.2, -0.15) is 0 Å². The fourth-order valence-electron chi connectivity index (χ4n) is 4.03. The van der Waals surface area contributed by atoms with Crippen LogP contribution < -0.4 is 14.8 Å². The molecule has 186 valence electrons. The number of esters is 1. The van der Waals surface area contributed by atoms with Crippen LogP contribution in [-0.2, 0) is 9.53 Å². The highest BCUT2D eigenvalue weighted by Crippen LogP contribution is 2.36. The second-order valence-corrected chi connectivity index (χ2v) is 8.41. The first-order valence-corrected chi connectivity index (χ1v) is 11.6. The number of carbonyl (C=O) groups is 2. The fraction of sp³-hybridized carbons (Fsp3) is 0.107. The number of nitrogens with zero attached hydrogens (tertiary/aromatic N) is 1. The predicted molar refractivity (Wildman–Crippen MR) is 140 cm³/mol. The van der Waals surface area contributed by atoms with E-state index in [4.69, 9.17) is 30.2 Å². The maximum Gasteiger partial charge on any atom is 0.339 e. The van der Waals surface area contributed by atoms with Gasteiger partial charge in [-0.25, -0.2) is 9.78 Å². The molecular weight excluding hydrogens is 496 g/mol. The zero-order valence-electron chi connectivity index (χ0n) is 19.9. The number of carbonyl (C=O) groups excluding carboxylic acids is 2. The predicted octanol–water partition coefficient (Wildman–Crippen LogP) is 6.11. The highest BCUT2D eigenvalue weighted by Gasteiger charge is 2.20. The molecule has 37 heavy (non-hydrogen) atoms. The average Bonchev–Trinajstić information content (AvgIpc) is 3.35. The smallest absolute Gasteiger partial charge is 0.339 e. The van der Waals surface area contributed by atoms with Crippen molar-refractivity contribution in [3.05, 3.63) is 83.4 Å². The monoisotopic (exact) mass is 516 g/mol. The maximum atomic E-state index is 13.1. The molecule has 8 nitrogen and oxygen atoms in total. The molecule has 1 N–H and O–H groups in total. The number of halogens is 1. The van der Waals surface area contributed by atoms with Gasteiger partial charge in [-0.15, -0.1) is 0 Å². The molecule has 0 aliphatic heterocycles. The number of para-hydroxylation sites is 2. The summed E-state index contributed by atoms with van der Waals surface area (Å²) in [6, 6.07) is 21.3. The Kier molecular flexibility index (Phi) is 6.66. The standard InChI is InChI=1S/C28H21ClN2O6/c1-34-23-14-24(35-2)21(13-19(23)29)30-25(32)15-36-28(33)18-10-6-8-16-7-5-9-17(26(16)18)27-31-20-11-3-4-12-22(20)37-27/h3-14H,15H2,1-2H3,(H,30,32). The lowest BCUT2D eigenvalue weighted by Crippen LogP contribution is -2.21. The zero-order valence-corrected chi connectivity index (χ0v) is 20.7. The van der Waals surface area contributed by atoms with Crippen molar-refractivity contribution in [1.29, 1.82) is 0 Å². The van der Waals surface area contributed by atoms with Gasteiger partial charge in [-0.1, -0.05) is 48.0 Å². The summed E-state index contributed by atoms with van der Waals surface area (Å²) in [6.07, 6.45) is 0. The molecule has 1 amide bonds. The number of hydrogen-bond acceptors (Lipinski definition) is 7. The number of amides is 1. The van der Waals surface area contributed by atoms with Gasteiger partial charge in [0.25, 0.3) is 5.91 Å². The van der Waals surface area contributed by atoms with Gasteiger partial charge >= 0.3 is 5.97 Å². The molecule has 0 aliphatic rings. The summed E-state index contributed by atoms with van der Waals surface area (Å²) in [4.78, 5) is 30.3. The van der Waals surface area contributed by atoms with Crippen LogP contribution in [0, 0.1) is 0 Å². The summed E-state index contributed by atoms with van der Waals surface area (Å²) in [5, 5.41) is 4.35. The summed E-state index contributed by atoms with van der Waals surface area (Å²) >= 11 is 6.17. The van der Waals surface area contributed by atoms with Crippen molar-refractivity contribution in [1.82, 2.24) is 4.98 Å². The van der Waals surface area contributed by atoms with E-state index in [0.29, 0.717) is 45.1 Å². The van der Waals surface area contributed by atoms with E-state index < -0.39 is 18.5 Å². The molecule has 0 radical (unpaired) electrons. The van der Waals surface area contributed by atoms with Crippen LogP contribution in [0.3, 0.4) is 0 Å². The normalized spacial score (nSPS) is 10.9. The van der Waals surface area contributed by atoms with Gasteiger partial charge in [-0.3, -0.25) is 4.79 Å². The van der Waals surface area contributed by atoms with Gasteiger partial charge < -0.3 is 23.9 Å². The number of benzene rings is 4. The van der Waals surface area contributed by atoms with Crippen molar-refractivity contribution in [2.45, 2.75) is 0 Å². The Morgan fingerprint density at radius 3 is 2.46 bits per heavy atom. The topological polar surface area (TPSA) is 99.9 Å². The first kappa shape index (κ1) is 24.1. The van der Waals surface area contributed by atoms with Crippen molar-refractivity contribution >= 4 is 51.0 Å². The lowest BCUT2D eigenvalue weighted by Gasteiger charge is -2.13. The molecule has 0 saturated heterocycles. The molecule has 0 bridgehead atoms. The fourth-order valence-corrected chi connectivity index (χ4v) is 4.27. The molecule has 0 atom stereocenters. The molecule has 1 heterocycles. The Labute approximate surface area is 216 Å². The zero-order chi connectivity index (χ0) is 25.9. The number of rotatable bonds is 7. The van der Waals surface area contributed by atoms with Gasteiger partial charge in [-0.05, 0) is 35.7 Å². The van der Waals surface area contributed by atoms with Crippen LogP contribution in [0.4, 0.5) is 5.69 Å². The molecule has 0 unspecified atom stereocenters. The van der Waals surface area contributed by atoms with Gasteiger partial charge in [0, 0.05) is 17.0 Å². The Hall–Kier alpha value is -4.56. The molecule has 5 rings (SSSR count). The summed E-state index contributed by atoms with van der Waals surface area (Å²) in [5.41, 5.74) is 2.59. The second-order valence-electron chi connectivity index (χ2n) is 8.01. The van der Waals surface area contributed by atoms with Crippen LogP contribution in [0.2, 0.25) is 5.02 Å². The quantitative estimate of drug-likeness (QED) is 0.260. The lowest BCUT2D eigenvalue weighted by molar-refractivity contribution is -0.119. The summed E-state index contributed by atoms with van der Waals surface area (Å²) in [7, 11) is 2.93. The number of nitrogens with one attached hydrogen (secondary N) is 1. The SMILES string of the molecule is COc1cc(OC)c(NC(=O)COC(=O)c2cccc3cccc(-c4nc5ccccc5o4)c23)cc1Cl. The van der Waals surface area contributed by atoms with E-state index in [1.54, 1.807) is 18.2 Å². The molecular formula is C28H21ClN2O6. The third-order valence-electron chi connectivity index (χ3n) is 5.73. The van der Waals surface area contributed by atoms with Crippen LogP contribution in [0.25, 0.3) is 33.3 Å². The van der Waals surface area contributed by atoms with E-state index in [9.17, 15) is 9.59 Å². The highest BCUT2D eigenvalue weighted by molar-refractivity contribution is 6.32. The Balaban J connectivity index is 1.39. The number of anilines is 1. The van der Waals surface area contributed by atoms with Crippen LogP contribution in [0.5, 0.6) is 11.5 Å². The van der Waals surface area contributed by atoms with E-state index in [1.807, 2.05) is 48.5 Å². The van der Waals surface area contributed by atoms with Gasteiger partial charge in [0.2, 0.25) is 5.89 Å². The first-order valence-electron chi connectivity index (χ1n) is 11.2. The second kappa shape index (κ2) is 10.2. The largest absolute Gasteiger partial charge is 0.495 e. The lowest BCUT2D eigenvalue weighted by atomic mass is 9.99. The van der Waals surface area contributed by atoms with Crippen LogP contribution >= 0.6 is 11.6 Å². The maximum absolute atomic E-state index is 13.1. The van der Waals surface area contributed by atoms with E-state index in [2.05, 4.69) is 10.3 Å². The molecule has 0 saturated carbocycles. The van der Waals surface area contributed by atoms with Crippen molar-refractivity contribution in [2.24, 2.45) is 0 Å². The minimum Gasteiger partial charge on any atom is -0.495 e. The third-order valence-corrected chi connectivity index (χ3v) is 6.03. The molecule has 1 aromatic heterocycles. The van der Waals surface area contributed by atoms with Crippen molar-refractivity contribution in [3.8, 4) is 23.0 Å². The van der Waals surface area contributed by atoms with E-state index in [1.165, 1.54) is 20.3 Å². The number of fused-ring (bicyclic) bond motifs is 2. The van der Waals surface area contributed by atoms with Crippen molar-refractivity contribution < 1.29 is 28.2 Å². The molecule has 5 aromatic rings. The Bertz CT molecular complexity index is 1610. The molecule has 0 spiro atoms. The number of oxazole rings is 1. The molecule has 0 aliphatic carbocycles. The minimum atomic E-state index is -0.663. The molecule has 0 fully saturated rings. The van der Waals surface area contributed by atoms with Crippen LogP contribution in [0.15, 0.2) is 77.2 Å². The first-order chi connectivity index (χ1) is 18.0. The van der Waals surface area contributed by atoms with Crippen LogP contribution in [-0.4, -0.2) is 37.7 Å². The van der Waals surface area contributed by atoms with Gasteiger partial charge in [0.05, 0.1) is 30.5 Å². The van der Waals surface area contributed by atoms with E-state index >= 15 is 0 Å². The number of ether oxygens (including phenoxy) is 3. The Morgan fingerprint density at radius 1 is 0.946 bits per heavy atom. The Morgan fingerprint density at radius 2 is 1.70 bits per heavy atom. The third kappa shape index (κ3) is 4.79. The van der Waals surface area contributed by atoms with Gasteiger partial charge in [0.1, 0.15) is 17.0 Å². The van der Waals surface area contributed by atoms with E-state index in [-0.39, 0.29) is 10.6 Å². The minimum absolute atomic E-state index is 0.285. The van der Waals surface area contributed by atoms with Crippen molar-refractivity contribution in [2.75, 3.05) is 26.1 Å². The summed E-state index contributed by atoms with van der Waals surface area (Å²) in [5.74, 6) is -0.101. The van der Waals surface area contributed by atoms with Crippen molar-refractivity contribution in [3.63, 3.8) is 0 Å². The highest BCUT2D eigenvalue weighted by atomic mass is 35.5. The average molecular weight is 517 g/mol.